The molecule has 162 valence electrons. The van der Waals surface area contributed by atoms with Gasteiger partial charge in [0, 0.05) is 23.6 Å². The summed E-state index contributed by atoms with van der Waals surface area (Å²) in [6.07, 6.45) is 3.23. The minimum atomic E-state index is -0.294. The van der Waals surface area contributed by atoms with Gasteiger partial charge in [-0.1, -0.05) is 26.0 Å². The lowest BCUT2D eigenvalue weighted by atomic mass is 10.0. The summed E-state index contributed by atoms with van der Waals surface area (Å²) in [6, 6.07) is 14.9. The third-order valence-corrected chi connectivity index (χ3v) is 5.45. The second-order valence-electron chi connectivity index (χ2n) is 7.98. The highest BCUT2D eigenvalue weighted by Crippen LogP contribution is 2.35. The van der Waals surface area contributed by atoms with Gasteiger partial charge in [-0.25, -0.2) is 4.52 Å². The van der Waals surface area contributed by atoms with Crippen LogP contribution in [0.5, 0.6) is 11.5 Å². The van der Waals surface area contributed by atoms with E-state index >= 15 is 0 Å². The van der Waals surface area contributed by atoms with E-state index in [1.807, 2.05) is 42.5 Å². The van der Waals surface area contributed by atoms with Gasteiger partial charge in [0.25, 0.3) is 5.56 Å². The fourth-order valence-electron chi connectivity index (χ4n) is 3.65. The minimum absolute atomic E-state index is 0.0915. The highest BCUT2D eigenvalue weighted by atomic mass is 16.7. The van der Waals surface area contributed by atoms with Crippen LogP contribution in [0.4, 0.5) is 5.69 Å². The summed E-state index contributed by atoms with van der Waals surface area (Å²) in [7, 11) is 0. The molecule has 1 N–H and O–H groups in total. The van der Waals surface area contributed by atoms with Crippen molar-refractivity contribution in [1.29, 1.82) is 0 Å². The van der Waals surface area contributed by atoms with Gasteiger partial charge in [0.1, 0.15) is 12.1 Å². The van der Waals surface area contributed by atoms with E-state index in [2.05, 4.69) is 24.3 Å². The largest absolute Gasteiger partial charge is 0.454 e. The van der Waals surface area contributed by atoms with Crippen molar-refractivity contribution in [2.45, 2.75) is 26.3 Å². The third-order valence-electron chi connectivity index (χ3n) is 5.45. The van der Waals surface area contributed by atoms with Gasteiger partial charge in [0.05, 0.1) is 5.69 Å². The summed E-state index contributed by atoms with van der Waals surface area (Å²) in [5.74, 6) is 1.48. The second kappa shape index (κ2) is 7.88. The summed E-state index contributed by atoms with van der Waals surface area (Å²) in [4.78, 5) is 25.5. The molecule has 0 saturated heterocycles. The second-order valence-corrected chi connectivity index (χ2v) is 7.98. The molecule has 1 amide bonds. The fraction of sp³-hybridized carbons (Fsp3) is 0.208. The van der Waals surface area contributed by atoms with Gasteiger partial charge in [-0.05, 0) is 47.9 Å². The molecule has 0 saturated carbocycles. The summed E-state index contributed by atoms with van der Waals surface area (Å²) < 4.78 is 13.6. The molecule has 0 aliphatic carbocycles. The van der Waals surface area contributed by atoms with Gasteiger partial charge in [-0.2, -0.15) is 5.10 Å². The molecular formula is C24H22N4O4. The SMILES string of the molecule is CC(C)c1ccc(NC(=O)Cn2ccn3nc(-c4ccc5c(c4)OCO5)cc3c2=O)cc1. The topological polar surface area (TPSA) is 86.9 Å². The molecule has 4 aromatic rings. The van der Waals surface area contributed by atoms with Crippen LogP contribution in [0, 0.1) is 0 Å². The number of anilines is 1. The van der Waals surface area contributed by atoms with Crippen LogP contribution in [-0.2, 0) is 11.3 Å². The predicted molar refractivity (Wildman–Crippen MR) is 120 cm³/mol. The standard InChI is InChI=1S/C24H22N4O4/c1-15(2)16-3-6-18(7-4-16)25-23(29)13-27-9-10-28-20(24(27)30)12-19(26-28)17-5-8-21-22(11-17)32-14-31-21/h3-12,15H,13-14H2,1-2H3,(H,25,29). The lowest BCUT2D eigenvalue weighted by Crippen LogP contribution is -2.28. The lowest BCUT2D eigenvalue weighted by molar-refractivity contribution is -0.116. The minimum Gasteiger partial charge on any atom is -0.454 e. The molecule has 0 spiro atoms. The first-order valence-electron chi connectivity index (χ1n) is 10.4. The number of amides is 1. The number of ether oxygens (including phenoxy) is 2. The average Bonchev–Trinajstić information content (AvgIpc) is 3.43. The quantitative estimate of drug-likeness (QED) is 0.522. The molecule has 8 heteroatoms. The summed E-state index contributed by atoms with van der Waals surface area (Å²) >= 11 is 0. The number of hydrogen-bond donors (Lipinski definition) is 1. The molecule has 0 unspecified atom stereocenters. The third kappa shape index (κ3) is 3.71. The van der Waals surface area contributed by atoms with Crippen molar-refractivity contribution in [2.24, 2.45) is 0 Å². The van der Waals surface area contributed by atoms with Gasteiger partial charge in [0.2, 0.25) is 12.7 Å². The van der Waals surface area contributed by atoms with Gasteiger partial charge < -0.3 is 19.4 Å². The molecule has 1 aliphatic rings. The van der Waals surface area contributed by atoms with Crippen molar-refractivity contribution < 1.29 is 14.3 Å². The van der Waals surface area contributed by atoms with E-state index in [4.69, 9.17) is 9.47 Å². The Morgan fingerprint density at radius 2 is 1.84 bits per heavy atom. The van der Waals surface area contributed by atoms with Crippen molar-refractivity contribution in [3.63, 3.8) is 0 Å². The van der Waals surface area contributed by atoms with E-state index in [1.165, 1.54) is 14.6 Å². The average molecular weight is 430 g/mol. The Kier molecular flexibility index (Phi) is 4.89. The summed E-state index contributed by atoms with van der Waals surface area (Å²) in [5.41, 5.74) is 3.43. The number of benzene rings is 2. The molecule has 2 aromatic heterocycles. The van der Waals surface area contributed by atoms with Crippen LogP contribution in [0.1, 0.15) is 25.3 Å². The van der Waals surface area contributed by atoms with Crippen LogP contribution in [-0.4, -0.2) is 26.9 Å². The Morgan fingerprint density at radius 3 is 2.62 bits per heavy atom. The van der Waals surface area contributed by atoms with Crippen molar-refractivity contribution in [3.8, 4) is 22.8 Å². The van der Waals surface area contributed by atoms with Crippen LogP contribution in [0.2, 0.25) is 0 Å². The first kappa shape index (κ1) is 19.9. The van der Waals surface area contributed by atoms with Gasteiger partial charge in [-0.15, -0.1) is 0 Å². The van der Waals surface area contributed by atoms with Crippen molar-refractivity contribution in [2.75, 3.05) is 12.1 Å². The van der Waals surface area contributed by atoms with Crippen LogP contribution >= 0.6 is 0 Å². The number of fused-ring (bicyclic) bond motifs is 2. The molecule has 0 atom stereocenters. The van der Waals surface area contributed by atoms with E-state index in [9.17, 15) is 9.59 Å². The van der Waals surface area contributed by atoms with E-state index in [0.717, 1.165) is 5.56 Å². The Hall–Kier alpha value is -4.07. The summed E-state index contributed by atoms with van der Waals surface area (Å²) in [5, 5.41) is 7.33. The molecule has 0 radical (unpaired) electrons. The monoisotopic (exact) mass is 430 g/mol. The first-order valence-corrected chi connectivity index (χ1v) is 10.4. The number of nitrogens with zero attached hydrogens (tertiary/aromatic N) is 3. The zero-order valence-electron chi connectivity index (χ0n) is 17.7. The molecule has 0 fully saturated rings. The zero-order valence-corrected chi connectivity index (χ0v) is 17.7. The maximum Gasteiger partial charge on any atom is 0.277 e. The Bertz CT molecular complexity index is 1370. The molecule has 32 heavy (non-hydrogen) atoms. The number of aromatic nitrogens is 3. The number of rotatable bonds is 5. The number of carbonyl (C=O) groups excluding carboxylic acids is 1. The highest BCUT2D eigenvalue weighted by Gasteiger charge is 2.16. The van der Waals surface area contributed by atoms with Crippen LogP contribution in [0.25, 0.3) is 16.8 Å². The molecule has 3 heterocycles. The van der Waals surface area contributed by atoms with E-state index < -0.39 is 0 Å². The smallest absolute Gasteiger partial charge is 0.277 e. The van der Waals surface area contributed by atoms with E-state index in [0.29, 0.717) is 34.3 Å². The number of nitrogens with one attached hydrogen (secondary N) is 1. The zero-order chi connectivity index (χ0) is 22.2. The first-order chi connectivity index (χ1) is 15.5. The maximum atomic E-state index is 12.9. The molecule has 1 aliphatic heterocycles. The highest BCUT2D eigenvalue weighted by molar-refractivity contribution is 5.90. The Labute approximate surface area is 184 Å². The van der Waals surface area contributed by atoms with Crippen molar-refractivity contribution in [3.05, 3.63) is 76.8 Å². The Morgan fingerprint density at radius 1 is 1.06 bits per heavy atom. The van der Waals surface area contributed by atoms with Gasteiger partial charge in [-0.3, -0.25) is 9.59 Å². The normalized spacial score (nSPS) is 12.5. The summed E-state index contributed by atoms with van der Waals surface area (Å²) in [6.45, 7) is 4.33. The van der Waals surface area contributed by atoms with Crippen molar-refractivity contribution in [1.82, 2.24) is 14.2 Å². The van der Waals surface area contributed by atoms with Crippen LogP contribution in [0.3, 0.4) is 0 Å². The van der Waals surface area contributed by atoms with Crippen molar-refractivity contribution >= 4 is 17.1 Å². The molecular weight excluding hydrogens is 408 g/mol. The predicted octanol–water partition coefficient (Wildman–Crippen LogP) is 3.65. The lowest BCUT2D eigenvalue weighted by Gasteiger charge is -2.09. The molecule has 0 bridgehead atoms. The maximum absolute atomic E-state index is 12.9. The van der Waals surface area contributed by atoms with Gasteiger partial charge >= 0.3 is 0 Å². The van der Waals surface area contributed by atoms with Crippen LogP contribution in [0.15, 0.2) is 65.7 Å². The van der Waals surface area contributed by atoms with E-state index in [-0.39, 0.29) is 24.8 Å². The Balaban J connectivity index is 1.36. The number of hydrogen-bond acceptors (Lipinski definition) is 5. The molecule has 2 aromatic carbocycles. The molecule has 5 rings (SSSR count). The fourth-order valence-corrected chi connectivity index (χ4v) is 3.65. The van der Waals surface area contributed by atoms with Crippen LogP contribution < -0.4 is 20.3 Å². The molecule has 8 nitrogen and oxygen atoms in total. The van der Waals surface area contributed by atoms with E-state index in [1.54, 1.807) is 18.5 Å². The van der Waals surface area contributed by atoms with Gasteiger partial charge in [0.15, 0.2) is 11.5 Å². The number of carbonyl (C=O) groups is 1.